The van der Waals surface area contributed by atoms with Crippen molar-refractivity contribution in [3.05, 3.63) is 63.6 Å². The molecule has 0 spiro atoms. The Labute approximate surface area is 133 Å². The SMILES string of the molecule is COc1ccccc1CCNC(=O)c1cc(C)ccc1Br. The van der Waals surface area contributed by atoms with E-state index in [0.29, 0.717) is 12.1 Å². The second-order valence-electron chi connectivity index (χ2n) is 4.80. The molecule has 2 aromatic rings. The number of halogens is 1. The highest BCUT2D eigenvalue weighted by atomic mass is 79.9. The Hall–Kier alpha value is -1.81. The van der Waals surface area contributed by atoms with Crippen LogP contribution in [-0.4, -0.2) is 19.6 Å². The smallest absolute Gasteiger partial charge is 0.252 e. The molecule has 1 N–H and O–H groups in total. The van der Waals surface area contributed by atoms with Crippen LogP contribution < -0.4 is 10.1 Å². The van der Waals surface area contributed by atoms with Gasteiger partial charge in [0.1, 0.15) is 5.75 Å². The van der Waals surface area contributed by atoms with Crippen LogP contribution in [0.3, 0.4) is 0 Å². The van der Waals surface area contributed by atoms with Crippen molar-refractivity contribution in [1.82, 2.24) is 5.32 Å². The fourth-order valence-corrected chi connectivity index (χ4v) is 2.56. The summed E-state index contributed by atoms with van der Waals surface area (Å²) in [7, 11) is 1.65. The molecule has 0 saturated carbocycles. The highest BCUT2D eigenvalue weighted by molar-refractivity contribution is 9.10. The van der Waals surface area contributed by atoms with Crippen LogP contribution in [0.2, 0.25) is 0 Å². The van der Waals surface area contributed by atoms with E-state index in [9.17, 15) is 4.79 Å². The molecule has 0 bridgehead atoms. The monoisotopic (exact) mass is 347 g/mol. The van der Waals surface area contributed by atoms with E-state index in [1.165, 1.54) is 0 Å². The number of hydrogen-bond acceptors (Lipinski definition) is 2. The number of para-hydroxylation sites is 1. The van der Waals surface area contributed by atoms with E-state index in [0.717, 1.165) is 27.8 Å². The number of ether oxygens (including phenoxy) is 1. The molecule has 0 aliphatic rings. The number of nitrogens with one attached hydrogen (secondary N) is 1. The number of carbonyl (C=O) groups excluding carboxylic acids is 1. The lowest BCUT2D eigenvalue weighted by Gasteiger charge is -2.10. The Morgan fingerprint density at radius 1 is 1.24 bits per heavy atom. The van der Waals surface area contributed by atoms with Crippen LogP contribution >= 0.6 is 15.9 Å². The Morgan fingerprint density at radius 2 is 2.00 bits per heavy atom. The molecule has 0 atom stereocenters. The highest BCUT2D eigenvalue weighted by Crippen LogP contribution is 2.19. The van der Waals surface area contributed by atoms with Crippen LogP contribution in [0.15, 0.2) is 46.9 Å². The molecule has 4 heteroatoms. The normalized spacial score (nSPS) is 10.2. The van der Waals surface area contributed by atoms with Gasteiger partial charge in [-0.3, -0.25) is 4.79 Å². The fourth-order valence-electron chi connectivity index (χ4n) is 2.13. The molecule has 0 aromatic heterocycles. The molecule has 0 aliphatic carbocycles. The molecule has 110 valence electrons. The minimum absolute atomic E-state index is 0.0690. The molecule has 0 radical (unpaired) electrons. The summed E-state index contributed by atoms with van der Waals surface area (Å²) in [6.07, 6.45) is 0.735. The van der Waals surface area contributed by atoms with E-state index in [4.69, 9.17) is 4.74 Å². The molecule has 21 heavy (non-hydrogen) atoms. The molecule has 0 fully saturated rings. The maximum absolute atomic E-state index is 12.2. The van der Waals surface area contributed by atoms with Crippen LogP contribution in [0, 0.1) is 6.92 Å². The summed E-state index contributed by atoms with van der Waals surface area (Å²) in [6.45, 7) is 2.54. The van der Waals surface area contributed by atoms with Gasteiger partial charge in [-0.25, -0.2) is 0 Å². The first-order chi connectivity index (χ1) is 10.1. The first-order valence-electron chi connectivity index (χ1n) is 6.78. The first kappa shape index (κ1) is 15.6. The predicted octanol–water partition coefficient (Wildman–Crippen LogP) is 3.74. The van der Waals surface area contributed by atoms with Crippen molar-refractivity contribution in [2.24, 2.45) is 0 Å². The lowest BCUT2D eigenvalue weighted by Crippen LogP contribution is -2.26. The summed E-state index contributed by atoms with van der Waals surface area (Å²) >= 11 is 3.41. The zero-order chi connectivity index (χ0) is 15.2. The molecule has 2 rings (SSSR count). The third kappa shape index (κ3) is 4.08. The van der Waals surface area contributed by atoms with Gasteiger partial charge < -0.3 is 10.1 Å². The largest absolute Gasteiger partial charge is 0.496 e. The van der Waals surface area contributed by atoms with Crippen molar-refractivity contribution in [2.75, 3.05) is 13.7 Å². The van der Waals surface area contributed by atoms with Crippen molar-refractivity contribution in [1.29, 1.82) is 0 Å². The van der Waals surface area contributed by atoms with E-state index in [-0.39, 0.29) is 5.91 Å². The van der Waals surface area contributed by atoms with Crippen LogP contribution in [0.4, 0.5) is 0 Å². The van der Waals surface area contributed by atoms with Gasteiger partial charge in [0.2, 0.25) is 0 Å². The summed E-state index contributed by atoms with van der Waals surface area (Å²) < 4.78 is 6.11. The van der Waals surface area contributed by atoms with Gasteiger partial charge in [0.05, 0.1) is 12.7 Å². The fraction of sp³-hybridized carbons (Fsp3) is 0.235. The molecule has 0 heterocycles. The summed E-state index contributed by atoms with van der Waals surface area (Å²) in [5, 5.41) is 2.94. The van der Waals surface area contributed by atoms with Crippen LogP contribution in [-0.2, 0) is 6.42 Å². The molecule has 1 amide bonds. The number of amides is 1. The van der Waals surface area contributed by atoms with Crippen molar-refractivity contribution in [2.45, 2.75) is 13.3 Å². The number of hydrogen-bond donors (Lipinski definition) is 1. The van der Waals surface area contributed by atoms with Gasteiger partial charge in [-0.05, 0) is 53.0 Å². The van der Waals surface area contributed by atoms with Gasteiger partial charge in [0.15, 0.2) is 0 Å². The average Bonchev–Trinajstić information content (AvgIpc) is 2.50. The molecular formula is C17H18BrNO2. The minimum atomic E-state index is -0.0690. The van der Waals surface area contributed by atoms with Crippen molar-refractivity contribution < 1.29 is 9.53 Å². The number of benzene rings is 2. The summed E-state index contributed by atoms with van der Waals surface area (Å²) in [5.41, 5.74) is 2.81. The van der Waals surface area contributed by atoms with Crippen LogP contribution in [0.5, 0.6) is 5.75 Å². The Bertz CT molecular complexity index is 640. The predicted molar refractivity (Wildman–Crippen MR) is 87.9 cm³/mol. The standard InChI is InChI=1S/C17H18BrNO2/c1-12-7-8-15(18)14(11-12)17(20)19-10-9-13-5-3-4-6-16(13)21-2/h3-8,11H,9-10H2,1-2H3,(H,19,20). The molecule has 2 aromatic carbocycles. The first-order valence-corrected chi connectivity index (χ1v) is 7.57. The quantitative estimate of drug-likeness (QED) is 0.894. The van der Waals surface area contributed by atoms with Gasteiger partial charge in [0, 0.05) is 11.0 Å². The molecule has 3 nitrogen and oxygen atoms in total. The Balaban J connectivity index is 1.97. The maximum atomic E-state index is 12.2. The molecular weight excluding hydrogens is 330 g/mol. The Morgan fingerprint density at radius 3 is 2.76 bits per heavy atom. The topological polar surface area (TPSA) is 38.3 Å². The maximum Gasteiger partial charge on any atom is 0.252 e. The van der Waals surface area contributed by atoms with E-state index >= 15 is 0 Å². The number of carbonyl (C=O) groups is 1. The van der Waals surface area contributed by atoms with Gasteiger partial charge in [-0.2, -0.15) is 0 Å². The molecule has 0 aliphatic heterocycles. The van der Waals surface area contributed by atoms with Crippen molar-refractivity contribution in [3.8, 4) is 5.75 Å². The van der Waals surface area contributed by atoms with Gasteiger partial charge >= 0.3 is 0 Å². The number of aryl methyl sites for hydroxylation is 1. The molecule has 0 unspecified atom stereocenters. The van der Waals surface area contributed by atoms with Crippen molar-refractivity contribution in [3.63, 3.8) is 0 Å². The molecule has 0 saturated heterocycles. The zero-order valence-corrected chi connectivity index (χ0v) is 13.7. The number of methoxy groups -OCH3 is 1. The van der Waals surface area contributed by atoms with Gasteiger partial charge in [-0.1, -0.05) is 29.8 Å². The Kier molecular flexibility index (Phi) is 5.39. The van der Waals surface area contributed by atoms with Crippen molar-refractivity contribution >= 4 is 21.8 Å². The number of rotatable bonds is 5. The summed E-state index contributed by atoms with van der Waals surface area (Å²) in [5.74, 6) is 0.781. The minimum Gasteiger partial charge on any atom is -0.496 e. The van der Waals surface area contributed by atoms with Gasteiger partial charge in [0.25, 0.3) is 5.91 Å². The lowest BCUT2D eigenvalue weighted by atomic mass is 10.1. The van der Waals surface area contributed by atoms with E-state index in [1.807, 2.05) is 49.4 Å². The average molecular weight is 348 g/mol. The summed E-state index contributed by atoms with van der Waals surface area (Å²) in [4.78, 5) is 12.2. The van der Waals surface area contributed by atoms with Crippen LogP contribution in [0.25, 0.3) is 0 Å². The van der Waals surface area contributed by atoms with Gasteiger partial charge in [-0.15, -0.1) is 0 Å². The lowest BCUT2D eigenvalue weighted by molar-refractivity contribution is 0.0953. The van der Waals surface area contributed by atoms with E-state index in [1.54, 1.807) is 7.11 Å². The van der Waals surface area contributed by atoms with E-state index < -0.39 is 0 Å². The van der Waals surface area contributed by atoms with Crippen LogP contribution in [0.1, 0.15) is 21.5 Å². The third-order valence-electron chi connectivity index (χ3n) is 3.24. The second kappa shape index (κ2) is 7.27. The zero-order valence-electron chi connectivity index (χ0n) is 12.2. The van der Waals surface area contributed by atoms with E-state index in [2.05, 4.69) is 21.2 Å². The summed E-state index contributed by atoms with van der Waals surface area (Å²) in [6, 6.07) is 13.6. The highest BCUT2D eigenvalue weighted by Gasteiger charge is 2.10. The second-order valence-corrected chi connectivity index (χ2v) is 5.66. The third-order valence-corrected chi connectivity index (χ3v) is 3.93.